The summed E-state index contributed by atoms with van der Waals surface area (Å²) in [5.41, 5.74) is 2.28. The molecule has 1 heterocycles. The van der Waals surface area contributed by atoms with Crippen molar-refractivity contribution in [2.45, 2.75) is 0 Å². The van der Waals surface area contributed by atoms with E-state index in [0.29, 0.717) is 16.0 Å². The number of carboxylic acid groups (broad SMARTS) is 1. The highest BCUT2D eigenvalue weighted by Crippen LogP contribution is 2.30. The smallest absolute Gasteiger partial charge is 0.335 e. The van der Waals surface area contributed by atoms with E-state index in [1.54, 1.807) is 24.4 Å². The molecule has 0 saturated heterocycles. The molecule has 0 bridgehead atoms. The number of nitrogens with zero attached hydrogens (tertiary/aromatic N) is 2. The Balaban J connectivity index is 2.24. The molecule has 2 aromatic carbocycles. The molecule has 0 unspecified atom stereocenters. The molecule has 0 atom stereocenters. The Morgan fingerprint density at radius 3 is 2.52 bits per heavy atom. The monoisotopic (exact) mass is 296 g/mol. The van der Waals surface area contributed by atoms with Gasteiger partial charge in [-0.15, -0.1) is 0 Å². The molecule has 21 heavy (non-hydrogen) atoms. The normalized spacial score (nSPS) is 10.5. The van der Waals surface area contributed by atoms with Gasteiger partial charge in [0, 0.05) is 17.3 Å². The van der Waals surface area contributed by atoms with Gasteiger partial charge in [0.1, 0.15) is 6.07 Å². The topological polar surface area (TPSA) is 66.0 Å². The standard InChI is InChI=1S/C16H9ClN2O2/c17-13-2-1-3-14-15(13)11(8-18)9-19(14)12-6-4-10(5-7-12)16(20)21/h1-7,9H,(H,20,21). The summed E-state index contributed by atoms with van der Waals surface area (Å²) in [5, 5.41) is 19.4. The van der Waals surface area contributed by atoms with Crippen LogP contribution in [0.3, 0.4) is 0 Å². The zero-order valence-corrected chi connectivity index (χ0v) is 11.5. The Bertz CT molecular complexity index is 889. The van der Waals surface area contributed by atoms with Gasteiger partial charge in [0.05, 0.1) is 21.7 Å². The van der Waals surface area contributed by atoms with Crippen LogP contribution in [0.1, 0.15) is 15.9 Å². The quantitative estimate of drug-likeness (QED) is 0.781. The Labute approximate surface area is 125 Å². The third-order valence-electron chi connectivity index (χ3n) is 3.29. The third-order valence-corrected chi connectivity index (χ3v) is 3.61. The fourth-order valence-electron chi connectivity index (χ4n) is 2.31. The second-order valence-corrected chi connectivity index (χ2v) is 4.92. The van der Waals surface area contributed by atoms with E-state index in [-0.39, 0.29) is 5.56 Å². The summed E-state index contributed by atoms with van der Waals surface area (Å²) in [5.74, 6) is -0.973. The van der Waals surface area contributed by atoms with Gasteiger partial charge in [-0.1, -0.05) is 17.7 Å². The van der Waals surface area contributed by atoms with Gasteiger partial charge in [0.25, 0.3) is 0 Å². The van der Waals surface area contributed by atoms with Crippen LogP contribution in [-0.2, 0) is 0 Å². The van der Waals surface area contributed by atoms with Gasteiger partial charge < -0.3 is 9.67 Å². The minimum Gasteiger partial charge on any atom is -0.478 e. The number of halogens is 1. The molecular weight excluding hydrogens is 288 g/mol. The number of aromatic nitrogens is 1. The molecular formula is C16H9ClN2O2. The zero-order valence-electron chi connectivity index (χ0n) is 10.7. The first-order valence-corrected chi connectivity index (χ1v) is 6.53. The molecule has 1 aromatic heterocycles. The second kappa shape index (κ2) is 4.97. The maximum Gasteiger partial charge on any atom is 0.335 e. The lowest BCUT2D eigenvalue weighted by atomic mass is 10.2. The number of hydrogen-bond acceptors (Lipinski definition) is 2. The molecule has 0 aliphatic rings. The summed E-state index contributed by atoms with van der Waals surface area (Å²) < 4.78 is 1.82. The number of carboxylic acids is 1. The summed E-state index contributed by atoms with van der Waals surface area (Å²) in [6.07, 6.45) is 1.70. The number of benzene rings is 2. The minimum absolute atomic E-state index is 0.216. The molecule has 0 amide bonds. The average Bonchev–Trinajstić information content (AvgIpc) is 2.87. The van der Waals surface area contributed by atoms with E-state index in [4.69, 9.17) is 16.7 Å². The maximum atomic E-state index is 10.9. The maximum absolute atomic E-state index is 10.9. The Morgan fingerprint density at radius 1 is 1.19 bits per heavy atom. The van der Waals surface area contributed by atoms with Gasteiger partial charge in [0.2, 0.25) is 0 Å². The molecule has 0 saturated carbocycles. The minimum atomic E-state index is -0.973. The van der Waals surface area contributed by atoms with Crippen molar-refractivity contribution in [2.24, 2.45) is 0 Å². The lowest BCUT2D eigenvalue weighted by Gasteiger charge is -2.06. The van der Waals surface area contributed by atoms with Crippen molar-refractivity contribution in [3.05, 3.63) is 64.8 Å². The molecule has 0 radical (unpaired) electrons. The van der Waals surface area contributed by atoms with E-state index in [9.17, 15) is 10.1 Å². The highest BCUT2D eigenvalue weighted by molar-refractivity contribution is 6.35. The van der Waals surface area contributed by atoms with Crippen LogP contribution >= 0.6 is 11.6 Å². The van der Waals surface area contributed by atoms with Crippen LogP contribution in [-0.4, -0.2) is 15.6 Å². The van der Waals surface area contributed by atoms with Gasteiger partial charge in [-0.3, -0.25) is 0 Å². The van der Waals surface area contributed by atoms with E-state index < -0.39 is 5.97 Å². The second-order valence-electron chi connectivity index (χ2n) is 4.51. The van der Waals surface area contributed by atoms with Crippen molar-refractivity contribution in [1.29, 1.82) is 5.26 Å². The summed E-state index contributed by atoms with van der Waals surface area (Å²) in [6, 6.07) is 14.0. The van der Waals surface area contributed by atoms with E-state index >= 15 is 0 Å². The lowest BCUT2D eigenvalue weighted by molar-refractivity contribution is 0.0697. The first-order valence-electron chi connectivity index (χ1n) is 6.15. The molecule has 0 aliphatic carbocycles. The van der Waals surface area contributed by atoms with E-state index in [0.717, 1.165) is 11.2 Å². The van der Waals surface area contributed by atoms with Crippen LogP contribution in [0.4, 0.5) is 0 Å². The van der Waals surface area contributed by atoms with E-state index in [2.05, 4.69) is 6.07 Å². The fourth-order valence-corrected chi connectivity index (χ4v) is 2.58. The van der Waals surface area contributed by atoms with Gasteiger partial charge in [-0.05, 0) is 36.4 Å². The SMILES string of the molecule is N#Cc1cn(-c2ccc(C(=O)O)cc2)c2cccc(Cl)c12. The first-order chi connectivity index (χ1) is 10.1. The van der Waals surface area contributed by atoms with Gasteiger partial charge in [-0.25, -0.2) is 4.79 Å². The molecule has 4 nitrogen and oxygen atoms in total. The van der Waals surface area contributed by atoms with Crippen molar-refractivity contribution in [3.8, 4) is 11.8 Å². The summed E-state index contributed by atoms with van der Waals surface area (Å²) >= 11 is 6.17. The predicted octanol–water partition coefficient (Wildman–Crippen LogP) is 3.85. The summed E-state index contributed by atoms with van der Waals surface area (Å²) in [7, 11) is 0. The van der Waals surface area contributed by atoms with Crippen molar-refractivity contribution < 1.29 is 9.90 Å². The summed E-state index contributed by atoms with van der Waals surface area (Å²) in [6.45, 7) is 0. The van der Waals surface area contributed by atoms with Crippen LogP contribution in [0, 0.1) is 11.3 Å². The average molecular weight is 297 g/mol. The Morgan fingerprint density at radius 2 is 1.90 bits per heavy atom. The number of fused-ring (bicyclic) bond motifs is 1. The van der Waals surface area contributed by atoms with Crippen LogP contribution in [0.2, 0.25) is 5.02 Å². The van der Waals surface area contributed by atoms with Crippen LogP contribution in [0.5, 0.6) is 0 Å². The van der Waals surface area contributed by atoms with Crippen molar-refractivity contribution in [1.82, 2.24) is 4.57 Å². The van der Waals surface area contributed by atoms with Crippen molar-refractivity contribution in [3.63, 3.8) is 0 Å². The summed E-state index contributed by atoms with van der Waals surface area (Å²) in [4.78, 5) is 10.9. The molecule has 1 N–H and O–H groups in total. The van der Waals surface area contributed by atoms with Gasteiger partial charge >= 0.3 is 5.97 Å². The molecule has 5 heteroatoms. The molecule has 3 aromatic rings. The predicted molar refractivity (Wildman–Crippen MR) is 80.0 cm³/mol. The van der Waals surface area contributed by atoms with Gasteiger partial charge in [-0.2, -0.15) is 5.26 Å². The fraction of sp³-hybridized carbons (Fsp3) is 0. The molecule has 0 aliphatic heterocycles. The molecule has 0 fully saturated rings. The third kappa shape index (κ3) is 2.14. The Hall–Kier alpha value is -2.77. The number of rotatable bonds is 2. The van der Waals surface area contributed by atoms with Crippen molar-refractivity contribution >= 4 is 28.5 Å². The van der Waals surface area contributed by atoms with Crippen LogP contribution < -0.4 is 0 Å². The molecule has 3 rings (SSSR count). The number of nitriles is 1. The van der Waals surface area contributed by atoms with E-state index in [1.807, 2.05) is 16.7 Å². The van der Waals surface area contributed by atoms with Crippen LogP contribution in [0.15, 0.2) is 48.7 Å². The van der Waals surface area contributed by atoms with Crippen LogP contribution in [0.25, 0.3) is 16.6 Å². The first kappa shape index (κ1) is 13.2. The van der Waals surface area contributed by atoms with Crippen molar-refractivity contribution in [2.75, 3.05) is 0 Å². The highest BCUT2D eigenvalue weighted by atomic mass is 35.5. The number of hydrogen-bond donors (Lipinski definition) is 1. The van der Waals surface area contributed by atoms with Gasteiger partial charge in [0.15, 0.2) is 0 Å². The Kier molecular flexibility index (Phi) is 3.13. The molecule has 0 spiro atoms. The molecule has 102 valence electrons. The number of aromatic carboxylic acids is 1. The number of carbonyl (C=O) groups is 1. The largest absolute Gasteiger partial charge is 0.478 e. The highest BCUT2D eigenvalue weighted by Gasteiger charge is 2.12. The van der Waals surface area contributed by atoms with E-state index in [1.165, 1.54) is 12.1 Å². The zero-order chi connectivity index (χ0) is 15.0. The lowest BCUT2D eigenvalue weighted by Crippen LogP contribution is -1.97.